The van der Waals surface area contributed by atoms with Gasteiger partial charge >= 0.3 is 6.36 Å². The van der Waals surface area contributed by atoms with Gasteiger partial charge in [0.15, 0.2) is 0 Å². The molecule has 0 spiro atoms. The van der Waals surface area contributed by atoms with E-state index in [1.54, 1.807) is 17.0 Å². The van der Waals surface area contributed by atoms with Crippen LogP contribution in [-0.2, 0) is 10.0 Å². The number of carbonyl (C=O) groups is 1. The zero-order chi connectivity index (χ0) is 21.2. The zero-order valence-electron chi connectivity index (χ0n) is 15.5. The Balaban J connectivity index is 1.67. The number of ether oxygens (including phenoxy) is 1. The van der Waals surface area contributed by atoms with Gasteiger partial charge in [-0.3, -0.25) is 4.79 Å². The molecule has 1 aliphatic rings. The first-order valence-electron chi connectivity index (χ1n) is 8.79. The molecule has 10 heteroatoms. The Bertz CT molecular complexity index is 983. The molecular formula is C19H19F3N2O4S. The number of rotatable bonds is 4. The molecule has 0 aliphatic carbocycles. The maximum absolute atomic E-state index is 12.7. The van der Waals surface area contributed by atoms with Crippen molar-refractivity contribution < 1.29 is 31.1 Å². The predicted molar refractivity (Wildman–Crippen MR) is 99.0 cm³/mol. The molecule has 0 saturated carbocycles. The van der Waals surface area contributed by atoms with E-state index in [0.717, 1.165) is 29.8 Å². The number of benzene rings is 2. The first-order chi connectivity index (χ1) is 13.6. The van der Waals surface area contributed by atoms with Crippen LogP contribution in [0.15, 0.2) is 53.4 Å². The topological polar surface area (TPSA) is 66.9 Å². The largest absolute Gasteiger partial charge is 0.573 e. The monoisotopic (exact) mass is 428 g/mol. The van der Waals surface area contributed by atoms with Crippen LogP contribution in [0.2, 0.25) is 0 Å². The molecule has 29 heavy (non-hydrogen) atoms. The lowest BCUT2D eigenvalue weighted by Crippen LogP contribution is -2.50. The van der Waals surface area contributed by atoms with Gasteiger partial charge in [-0.15, -0.1) is 13.2 Å². The fraction of sp³-hybridized carbons (Fsp3) is 0.316. The van der Waals surface area contributed by atoms with Gasteiger partial charge in [0.25, 0.3) is 5.91 Å². The average molecular weight is 428 g/mol. The second kappa shape index (κ2) is 8.03. The molecule has 2 aromatic carbocycles. The molecule has 1 amide bonds. The van der Waals surface area contributed by atoms with E-state index in [1.165, 1.54) is 4.31 Å². The summed E-state index contributed by atoms with van der Waals surface area (Å²) in [7, 11) is -3.89. The lowest BCUT2D eigenvalue weighted by atomic mass is 10.1. The third-order valence-corrected chi connectivity index (χ3v) is 6.51. The van der Waals surface area contributed by atoms with E-state index >= 15 is 0 Å². The standard InChI is InChI=1S/C19H19F3N2O4S/c1-14-4-2-3-5-17(14)18(25)23-10-12-24(13-11-23)29(26,27)16-8-6-15(7-9-16)28-19(20,21)22/h2-9H,10-13H2,1H3. The quantitative estimate of drug-likeness (QED) is 0.751. The lowest BCUT2D eigenvalue weighted by molar-refractivity contribution is -0.274. The third kappa shape index (κ3) is 4.88. The Morgan fingerprint density at radius 3 is 2.10 bits per heavy atom. The molecule has 0 radical (unpaired) electrons. The first kappa shape index (κ1) is 21.1. The van der Waals surface area contributed by atoms with Gasteiger partial charge in [0.2, 0.25) is 10.0 Å². The molecule has 0 aromatic heterocycles. The molecule has 0 unspecified atom stereocenters. The van der Waals surface area contributed by atoms with E-state index in [2.05, 4.69) is 4.74 Å². The van der Waals surface area contributed by atoms with Gasteiger partial charge in [-0.05, 0) is 42.8 Å². The first-order valence-corrected chi connectivity index (χ1v) is 10.2. The van der Waals surface area contributed by atoms with Crippen molar-refractivity contribution in [3.63, 3.8) is 0 Å². The van der Waals surface area contributed by atoms with Crippen LogP contribution in [0.3, 0.4) is 0 Å². The highest BCUT2D eigenvalue weighted by Gasteiger charge is 2.33. The summed E-state index contributed by atoms with van der Waals surface area (Å²) in [5, 5.41) is 0. The molecule has 2 aromatic rings. The van der Waals surface area contributed by atoms with Crippen molar-refractivity contribution >= 4 is 15.9 Å². The van der Waals surface area contributed by atoms with E-state index < -0.39 is 22.1 Å². The van der Waals surface area contributed by atoms with Crippen molar-refractivity contribution in [2.75, 3.05) is 26.2 Å². The number of carbonyl (C=O) groups excluding carboxylic acids is 1. The summed E-state index contributed by atoms with van der Waals surface area (Å²) in [5.41, 5.74) is 1.41. The van der Waals surface area contributed by atoms with Gasteiger partial charge < -0.3 is 9.64 Å². The van der Waals surface area contributed by atoms with Crippen LogP contribution in [0, 0.1) is 6.92 Å². The Labute approximate surface area is 166 Å². The fourth-order valence-corrected chi connectivity index (χ4v) is 4.50. The van der Waals surface area contributed by atoms with Crippen LogP contribution in [0.25, 0.3) is 0 Å². The van der Waals surface area contributed by atoms with Crippen LogP contribution in [0.5, 0.6) is 5.75 Å². The molecule has 1 saturated heterocycles. The van der Waals surface area contributed by atoms with E-state index in [-0.39, 0.29) is 37.0 Å². The van der Waals surface area contributed by atoms with Gasteiger partial charge in [-0.25, -0.2) is 8.42 Å². The minimum atomic E-state index is -4.85. The van der Waals surface area contributed by atoms with E-state index in [0.29, 0.717) is 5.56 Å². The molecule has 156 valence electrons. The summed E-state index contributed by atoms with van der Waals surface area (Å²) < 4.78 is 67.2. The molecule has 0 N–H and O–H groups in total. The molecular weight excluding hydrogens is 409 g/mol. The normalized spacial score (nSPS) is 15.9. The van der Waals surface area contributed by atoms with Crippen molar-refractivity contribution in [3.8, 4) is 5.75 Å². The summed E-state index contributed by atoms with van der Waals surface area (Å²) in [6.07, 6.45) is -4.85. The summed E-state index contributed by atoms with van der Waals surface area (Å²) >= 11 is 0. The van der Waals surface area contributed by atoms with Crippen LogP contribution >= 0.6 is 0 Å². The van der Waals surface area contributed by atoms with Crippen LogP contribution in [-0.4, -0.2) is 56.1 Å². The molecule has 0 atom stereocenters. The van der Waals surface area contributed by atoms with Crippen LogP contribution in [0.1, 0.15) is 15.9 Å². The molecule has 1 heterocycles. The van der Waals surface area contributed by atoms with Crippen molar-refractivity contribution in [3.05, 3.63) is 59.7 Å². The number of piperazine rings is 1. The van der Waals surface area contributed by atoms with Gasteiger partial charge in [-0.1, -0.05) is 18.2 Å². The van der Waals surface area contributed by atoms with Crippen molar-refractivity contribution in [2.24, 2.45) is 0 Å². The Morgan fingerprint density at radius 2 is 1.55 bits per heavy atom. The van der Waals surface area contributed by atoms with Gasteiger partial charge in [0, 0.05) is 31.7 Å². The number of hydrogen-bond donors (Lipinski definition) is 0. The second-order valence-corrected chi connectivity index (χ2v) is 8.47. The van der Waals surface area contributed by atoms with Crippen molar-refractivity contribution in [1.29, 1.82) is 0 Å². The van der Waals surface area contributed by atoms with E-state index in [1.807, 2.05) is 19.1 Å². The molecule has 6 nitrogen and oxygen atoms in total. The minimum absolute atomic E-state index is 0.0980. The van der Waals surface area contributed by atoms with Gasteiger partial charge in [-0.2, -0.15) is 4.31 Å². The van der Waals surface area contributed by atoms with Gasteiger partial charge in [0.05, 0.1) is 4.90 Å². The third-order valence-electron chi connectivity index (χ3n) is 4.60. The van der Waals surface area contributed by atoms with Gasteiger partial charge in [0.1, 0.15) is 5.75 Å². The molecule has 1 fully saturated rings. The van der Waals surface area contributed by atoms with E-state index in [9.17, 15) is 26.4 Å². The highest BCUT2D eigenvalue weighted by molar-refractivity contribution is 7.89. The SMILES string of the molecule is Cc1ccccc1C(=O)N1CCN(S(=O)(=O)c2ccc(OC(F)(F)F)cc2)CC1. The maximum atomic E-state index is 12.7. The van der Waals surface area contributed by atoms with Crippen molar-refractivity contribution in [1.82, 2.24) is 9.21 Å². The predicted octanol–water partition coefficient (Wildman–Crippen LogP) is 3.04. The van der Waals surface area contributed by atoms with E-state index in [4.69, 9.17) is 0 Å². The Kier molecular flexibility index (Phi) is 5.85. The molecule has 1 aliphatic heterocycles. The maximum Gasteiger partial charge on any atom is 0.573 e. The number of nitrogens with zero attached hydrogens (tertiary/aromatic N) is 2. The second-order valence-electron chi connectivity index (χ2n) is 6.53. The zero-order valence-corrected chi connectivity index (χ0v) is 16.3. The highest BCUT2D eigenvalue weighted by Crippen LogP contribution is 2.25. The van der Waals surface area contributed by atoms with Crippen LogP contribution in [0.4, 0.5) is 13.2 Å². The average Bonchev–Trinajstić information content (AvgIpc) is 2.67. The summed E-state index contributed by atoms with van der Waals surface area (Å²) in [4.78, 5) is 14.1. The van der Waals surface area contributed by atoms with Crippen LogP contribution < -0.4 is 4.74 Å². The molecule has 3 rings (SSSR count). The number of halogens is 3. The molecule has 0 bridgehead atoms. The smallest absolute Gasteiger partial charge is 0.406 e. The highest BCUT2D eigenvalue weighted by atomic mass is 32.2. The number of sulfonamides is 1. The lowest BCUT2D eigenvalue weighted by Gasteiger charge is -2.34. The Morgan fingerprint density at radius 1 is 0.966 bits per heavy atom. The van der Waals surface area contributed by atoms with Crippen molar-refractivity contribution in [2.45, 2.75) is 18.2 Å². The summed E-state index contributed by atoms with van der Waals surface area (Å²) in [6.45, 7) is 2.48. The Hall–Kier alpha value is -2.59. The fourth-order valence-electron chi connectivity index (χ4n) is 3.08. The summed E-state index contributed by atoms with van der Waals surface area (Å²) in [6, 6.07) is 11.2. The number of alkyl halides is 3. The number of aryl methyl sites for hydroxylation is 1. The number of amides is 1. The number of hydrogen-bond acceptors (Lipinski definition) is 4. The minimum Gasteiger partial charge on any atom is -0.406 e. The summed E-state index contributed by atoms with van der Waals surface area (Å²) in [5.74, 6) is -0.654.